The van der Waals surface area contributed by atoms with Crippen molar-refractivity contribution in [2.75, 3.05) is 0 Å². The van der Waals surface area contributed by atoms with Crippen molar-refractivity contribution in [1.82, 2.24) is 14.9 Å². The molecule has 2 aromatic carbocycles. The average molecular weight is 523 g/mol. The molecule has 1 aromatic heterocycles. The van der Waals surface area contributed by atoms with E-state index in [-0.39, 0.29) is 18.4 Å². The van der Waals surface area contributed by atoms with E-state index in [9.17, 15) is 9.90 Å². The number of halogens is 3. The maximum absolute atomic E-state index is 12.7. The van der Waals surface area contributed by atoms with Crippen LogP contribution in [0.25, 0.3) is 17.1 Å². The van der Waals surface area contributed by atoms with Crippen LogP contribution < -0.4 is 5.32 Å². The molecule has 2 N–H and O–H groups in total. The summed E-state index contributed by atoms with van der Waals surface area (Å²) in [5.41, 5.74) is 2.19. The van der Waals surface area contributed by atoms with E-state index in [1.807, 2.05) is 41.0 Å². The minimum atomic E-state index is -0.494. The number of nitrogens with one attached hydrogen (secondary N) is 1. The lowest BCUT2D eigenvalue weighted by molar-refractivity contribution is -0.122. The van der Waals surface area contributed by atoms with Crippen molar-refractivity contribution in [2.45, 2.75) is 44.2 Å². The molecule has 0 aliphatic heterocycles. The smallest absolute Gasteiger partial charge is 0.226 e. The highest BCUT2D eigenvalue weighted by molar-refractivity contribution is 9.10. The number of carbonyl (C=O) groups excluding carboxylic acids is 1. The third kappa shape index (κ3) is 4.98. The van der Waals surface area contributed by atoms with Crippen molar-refractivity contribution < 1.29 is 9.90 Å². The summed E-state index contributed by atoms with van der Waals surface area (Å²) in [6.07, 6.45) is 3.10. The van der Waals surface area contributed by atoms with Gasteiger partial charge in [0.1, 0.15) is 10.4 Å². The van der Waals surface area contributed by atoms with Crippen LogP contribution >= 0.6 is 39.1 Å². The van der Waals surface area contributed by atoms with Crippen LogP contribution in [0, 0.1) is 0 Å². The van der Waals surface area contributed by atoms with Gasteiger partial charge in [-0.3, -0.25) is 9.36 Å². The van der Waals surface area contributed by atoms with E-state index in [0.717, 1.165) is 36.9 Å². The van der Waals surface area contributed by atoms with Gasteiger partial charge in [0.15, 0.2) is 0 Å². The SMILES string of the molecule is O=C(Cc1nc(-c2ccccc2Cl)n(-c2ccc(Cl)cc2)c1Br)N[C@H]1CCCC[C@@H]1O. The topological polar surface area (TPSA) is 67.2 Å². The van der Waals surface area contributed by atoms with Crippen LogP contribution in [-0.4, -0.2) is 32.7 Å². The second kappa shape index (κ2) is 9.74. The van der Waals surface area contributed by atoms with Gasteiger partial charge in [-0.25, -0.2) is 4.98 Å². The van der Waals surface area contributed by atoms with Crippen LogP contribution in [0.4, 0.5) is 0 Å². The van der Waals surface area contributed by atoms with Crippen LogP contribution in [0.3, 0.4) is 0 Å². The molecule has 0 unspecified atom stereocenters. The third-order valence-electron chi connectivity index (χ3n) is 5.49. The Balaban J connectivity index is 1.69. The van der Waals surface area contributed by atoms with Gasteiger partial charge >= 0.3 is 0 Å². The number of aliphatic hydroxyl groups is 1. The highest BCUT2D eigenvalue weighted by atomic mass is 79.9. The molecule has 0 bridgehead atoms. The summed E-state index contributed by atoms with van der Waals surface area (Å²) >= 11 is 16.2. The molecule has 1 fully saturated rings. The van der Waals surface area contributed by atoms with Gasteiger partial charge in [-0.15, -0.1) is 0 Å². The average Bonchev–Trinajstić information content (AvgIpc) is 3.06. The van der Waals surface area contributed by atoms with E-state index >= 15 is 0 Å². The predicted octanol–water partition coefficient (Wildman–Crippen LogP) is 5.57. The summed E-state index contributed by atoms with van der Waals surface area (Å²) in [6, 6.07) is 14.6. The fraction of sp³-hybridized carbons (Fsp3) is 0.304. The first-order valence-electron chi connectivity index (χ1n) is 10.2. The van der Waals surface area contributed by atoms with E-state index < -0.39 is 6.10 Å². The molecule has 31 heavy (non-hydrogen) atoms. The number of rotatable bonds is 5. The normalized spacial score (nSPS) is 18.7. The van der Waals surface area contributed by atoms with Gasteiger partial charge in [-0.2, -0.15) is 0 Å². The molecule has 0 radical (unpaired) electrons. The van der Waals surface area contributed by atoms with E-state index in [0.29, 0.717) is 26.2 Å². The molecular weight excluding hydrogens is 501 g/mol. The van der Waals surface area contributed by atoms with Crippen LogP contribution in [0.15, 0.2) is 53.1 Å². The minimum absolute atomic E-state index is 0.0852. The zero-order valence-electron chi connectivity index (χ0n) is 16.7. The summed E-state index contributed by atoms with van der Waals surface area (Å²) in [5.74, 6) is 0.457. The Bertz CT molecular complexity index is 1080. The maximum atomic E-state index is 12.7. The Labute approximate surface area is 199 Å². The van der Waals surface area contributed by atoms with Crippen LogP contribution in [0.5, 0.6) is 0 Å². The largest absolute Gasteiger partial charge is 0.391 e. The van der Waals surface area contributed by atoms with Crippen molar-refractivity contribution in [3.63, 3.8) is 0 Å². The van der Waals surface area contributed by atoms with Gasteiger partial charge in [0.2, 0.25) is 5.91 Å². The van der Waals surface area contributed by atoms with Gasteiger partial charge in [-0.1, -0.05) is 48.2 Å². The molecule has 5 nitrogen and oxygen atoms in total. The van der Waals surface area contributed by atoms with Crippen LogP contribution in [0.2, 0.25) is 10.0 Å². The number of aromatic nitrogens is 2. The number of benzene rings is 2. The van der Waals surface area contributed by atoms with Crippen molar-refractivity contribution in [3.8, 4) is 17.1 Å². The van der Waals surface area contributed by atoms with Crippen molar-refractivity contribution in [1.29, 1.82) is 0 Å². The fourth-order valence-electron chi connectivity index (χ4n) is 3.90. The summed E-state index contributed by atoms with van der Waals surface area (Å²) in [7, 11) is 0. The number of carbonyl (C=O) groups is 1. The Morgan fingerprint density at radius 3 is 2.55 bits per heavy atom. The van der Waals surface area contributed by atoms with Crippen LogP contribution in [0.1, 0.15) is 31.4 Å². The molecule has 0 spiro atoms. The molecule has 1 saturated carbocycles. The first-order valence-corrected chi connectivity index (χ1v) is 11.7. The molecule has 2 atom stereocenters. The van der Waals surface area contributed by atoms with Gasteiger partial charge in [0, 0.05) is 16.3 Å². The number of imidazole rings is 1. The first kappa shape index (κ1) is 22.3. The van der Waals surface area contributed by atoms with E-state index in [4.69, 9.17) is 28.2 Å². The molecular formula is C23H22BrCl2N3O2. The van der Waals surface area contributed by atoms with Crippen molar-refractivity contribution in [2.24, 2.45) is 0 Å². The van der Waals surface area contributed by atoms with E-state index in [1.165, 1.54) is 0 Å². The Kier molecular flexibility index (Phi) is 7.02. The lowest BCUT2D eigenvalue weighted by atomic mass is 9.92. The molecule has 8 heteroatoms. The van der Waals surface area contributed by atoms with Gasteiger partial charge in [0.05, 0.1) is 29.3 Å². The molecule has 1 aliphatic rings. The standard InChI is InChI=1S/C23H22BrCl2N3O2/c24-22-19(13-21(31)27-18-7-3-4-8-20(18)30)28-23(16-5-1-2-6-17(16)26)29(22)15-11-9-14(25)10-12-15/h1-2,5-6,9-12,18,20,30H,3-4,7-8,13H2,(H,27,31)/t18-,20-/m0/s1. The second-order valence-corrected chi connectivity index (χ2v) is 9.26. The fourth-order valence-corrected chi connectivity index (χ4v) is 4.84. The Morgan fingerprint density at radius 1 is 1.13 bits per heavy atom. The second-order valence-electron chi connectivity index (χ2n) is 7.67. The zero-order chi connectivity index (χ0) is 22.0. The van der Waals surface area contributed by atoms with Gasteiger partial charge in [0.25, 0.3) is 0 Å². The Hall–Kier alpha value is -1.86. The summed E-state index contributed by atoms with van der Waals surface area (Å²) in [5, 5.41) is 14.3. The molecule has 4 rings (SSSR count). The number of hydrogen-bond donors (Lipinski definition) is 2. The zero-order valence-corrected chi connectivity index (χ0v) is 19.8. The van der Waals surface area contributed by atoms with Crippen molar-refractivity contribution >= 4 is 45.0 Å². The van der Waals surface area contributed by atoms with Crippen molar-refractivity contribution in [3.05, 3.63) is 68.9 Å². The summed E-state index contributed by atoms with van der Waals surface area (Å²) < 4.78 is 2.58. The lowest BCUT2D eigenvalue weighted by Gasteiger charge is -2.28. The molecule has 1 amide bonds. The quantitative estimate of drug-likeness (QED) is 0.460. The summed E-state index contributed by atoms with van der Waals surface area (Å²) in [4.78, 5) is 17.5. The highest BCUT2D eigenvalue weighted by Crippen LogP contribution is 2.34. The molecule has 3 aromatic rings. The monoisotopic (exact) mass is 521 g/mol. The highest BCUT2D eigenvalue weighted by Gasteiger charge is 2.26. The van der Waals surface area contributed by atoms with Gasteiger partial charge in [-0.05, 0) is 65.2 Å². The number of hydrogen-bond acceptors (Lipinski definition) is 3. The van der Waals surface area contributed by atoms with E-state index in [2.05, 4.69) is 21.2 Å². The number of aliphatic hydroxyl groups excluding tert-OH is 1. The molecule has 1 heterocycles. The number of nitrogens with zero attached hydrogens (tertiary/aromatic N) is 2. The molecule has 0 saturated heterocycles. The minimum Gasteiger partial charge on any atom is -0.391 e. The van der Waals surface area contributed by atoms with E-state index in [1.54, 1.807) is 12.1 Å². The molecule has 1 aliphatic carbocycles. The molecule has 162 valence electrons. The van der Waals surface area contributed by atoms with Crippen LogP contribution in [-0.2, 0) is 11.2 Å². The summed E-state index contributed by atoms with van der Waals surface area (Å²) in [6.45, 7) is 0. The third-order valence-corrected chi connectivity index (χ3v) is 6.88. The lowest BCUT2D eigenvalue weighted by Crippen LogP contribution is -2.45. The Morgan fingerprint density at radius 2 is 1.84 bits per heavy atom. The van der Waals surface area contributed by atoms with Gasteiger partial charge < -0.3 is 10.4 Å². The number of amides is 1. The maximum Gasteiger partial charge on any atom is 0.226 e. The first-order chi connectivity index (χ1) is 14.9. The predicted molar refractivity (Wildman–Crippen MR) is 127 cm³/mol.